The highest BCUT2D eigenvalue weighted by molar-refractivity contribution is 5.95. The molecule has 5 amide bonds. The number of nitrogens with one attached hydrogen (secondary N) is 4. The zero-order valence-corrected chi connectivity index (χ0v) is 26.7. The molecule has 0 saturated carbocycles. The van der Waals surface area contributed by atoms with Gasteiger partial charge in [-0.2, -0.15) is 0 Å². The molecule has 1 fully saturated rings. The lowest BCUT2D eigenvalue weighted by Gasteiger charge is -2.29. The summed E-state index contributed by atoms with van der Waals surface area (Å²) >= 11 is 0. The van der Waals surface area contributed by atoms with Crippen LogP contribution in [0.4, 0.5) is 4.39 Å². The maximum atomic E-state index is 13.6. The number of nitrogens with zero attached hydrogens (tertiary/aromatic N) is 1. The fraction of sp³-hybridized carbons (Fsp3) is 0.455. The molecule has 0 spiro atoms. The van der Waals surface area contributed by atoms with Crippen LogP contribution in [0.5, 0.6) is 0 Å². The zero-order chi connectivity index (χ0) is 35.1. The minimum absolute atomic E-state index is 0.0404. The highest BCUT2D eigenvalue weighted by Gasteiger charge is 2.38. The van der Waals surface area contributed by atoms with Crippen molar-refractivity contribution in [2.45, 2.75) is 69.1 Å². The predicted octanol–water partition coefficient (Wildman–Crippen LogP) is -0.655. The van der Waals surface area contributed by atoms with Crippen LogP contribution >= 0.6 is 0 Å². The van der Waals surface area contributed by atoms with Crippen molar-refractivity contribution >= 4 is 35.5 Å². The zero-order valence-electron chi connectivity index (χ0n) is 26.7. The van der Waals surface area contributed by atoms with E-state index in [1.165, 1.54) is 29.2 Å². The number of amides is 5. The van der Waals surface area contributed by atoms with Crippen LogP contribution in [0.1, 0.15) is 43.2 Å². The standard InChI is InChI=1S/C33H44FN7O7/c34-23-13-11-22(12-14-23)17-25(39-28(42)19-36)32(46)41-16-6-10-27(41)31(45)37-20-29(43)38-24(9-4-5-15-35)30(44)40-26(33(47)48)18-21-7-2-1-3-8-21/h1-3,7-8,11-14,24-27H,4-6,9-10,15-20,35-36H2,(H,37,45)(H,38,43)(H,39,42)(H,40,44)(H,47,48)/t24-,25-,26-,27-/m0/s1. The Labute approximate surface area is 278 Å². The van der Waals surface area contributed by atoms with Gasteiger partial charge in [0.15, 0.2) is 0 Å². The molecule has 2 aromatic carbocycles. The van der Waals surface area contributed by atoms with Crippen molar-refractivity contribution in [2.24, 2.45) is 11.5 Å². The molecule has 2 aromatic rings. The van der Waals surface area contributed by atoms with Crippen LogP contribution < -0.4 is 32.7 Å². The number of nitrogens with two attached hydrogens (primary N) is 2. The SMILES string of the molecule is NCCCC[C@H](NC(=O)CNC(=O)[C@@H]1CCCN1C(=O)[C@H](Cc1ccc(F)cc1)NC(=O)CN)C(=O)N[C@@H](Cc1ccccc1)C(=O)O. The van der Waals surface area contributed by atoms with Gasteiger partial charge in [0.25, 0.3) is 0 Å². The maximum Gasteiger partial charge on any atom is 0.326 e. The summed E-state index contributed by atoms with van der Waals surface area (Å²) in [5.41, 5.74) is 12.3. The van der Waals surface area contributed by atoms with Crippen molar-refractivity contribution in [3.8, 4) is 0 Å². The predicted molar refractivity (Wildman–Crippen MR) is 173 cm³/mol. The molecule has 1 saturated heterocycles. The van der Waals surface area contributed by atoms with E-state index < -0.39 is 72.0 Å². The van der Waals surface area contributed by atoms with Gasteiger partial charge in [-0.05, 0) is 61.9 Å². The van der Waals surface area contributed by atoms with Gasteiger partial charge in [0.2, 0.25) is 29.5 Å². The summed E-state index contributed by atoms with van der Waals surface area (Å²) in [7, 11) is 0. The first-order valence-corrected chi connectivity index (χ1v) is 15.9. The van der Waals surface area contributed by atoms with E-state index in [1.54, 1.807) is 30.3 Å². The van der Waals surface area contributed by atoms with Gasteiger partial charge in [0.05, 0.1) is 13.1 Å². The third kappa shape index (κ3) is 11.7. The van der Waals surface area contributed by atoms with E-state index >= 15 is 0 Å². The van der Waals surface area contributed by atoms with Crippen LogP contribution in [0.2, 0.25) is 0 Å². The normalized spacial score (nSPS) is 15.9. The van der Waals surface area contributed by atoms with Gasteiger partial charge in [-0.1, -0.05) is 42.5 Å². The summed E-state index contributed by atoms with van der Waals surface area (Å²) in [5, 5.41) is 19.9. The van der Waals surface area contributed by atoms with Crippen molar-refractivity contribution in [2.75, 3.05) is 26.2 Å². The number of carboxylic acids is 1. The molecule has 1 heterocycles. The van der Waals surface area contributed by atoms with Crippen molar-refractivity contribution in [1.29, 1.82) is 0 Å². The van der Waals surface area contributed by atoms with Crippen LogP contribution in [-0.2, 0) is 41.6 Å². The Balaban J connectivity index is 1.62. The number of benzene rings is 2. The molecule has 0 aromatic heterocycles. The van der Waals surface area contributed by atoms with Gasteiger partial charge in [-0.25, -0.2) is 9.18 Å². The quantitative estimate of drug-likeness (QED) is 0.1000. The fourth-order valence-electron chi connectivity index (χ4n) is 5.43. The molecular formula is C33H44FN7O7. The second kappa shape index (κ2) is 19.1. The van der Waals surface area contributed by atoms with Crippen molar-refractivity contribution in [3.05, 3.63) is 71.5 Å². The van der Waals surface area contributed by atoms with Gasteiger partial charge in [0.1, 0.15) is 30.0 Å². The van der Waals surface area contributed by atoms with Gasteiger partial charge in [0, 0.05) is 19.4 Å². The Morgan fingerprint density at radius 2 is 1.48 bits per heavy atom. The van der Waals surface area contributed by atoms with E-state index in [2.05, 4.69) is 21.3 Å². The number of hydrogen-bond donors (Lipinski definition) is 7. The third-order valence-electron chi connectivity index (χ3n) is 7.93. The van der Waals surface area contributed by atoms with E-state index in [1.807, 2.05) is 0 Å². The number of halogens is 1. The molecule has 0 aliphatic carbocycles. The second-order valence-corrected chi connectivity index (χ2v) is 11.6. The fourth-order valence-corrected chi connectivity index (χ4v) is 5.43. The Morgan fingerprint density at radius 3 is 2.12 bits per heavy atom. The molecule has 3 rings (SSSR count). The maximum absolute atomic E-state index is 13.6. The molecule has 4 atom stereocenters. The monoisotopic (exact) mass is 669 g/mol. The van der Waals surface area contributed by atoms with E-state index in [0.717, 1.165) is 0 Å². The number of unbranched alkanes of at least 4 members (excludes halogenated alkanes) is 1. The number of carbonyl (C=O) groups is 6. The molecule has 0 unspecified atom stereocenters. The molecule has 15 heteroatoms. The van der Waals surface area contributed by atoms with Crippen LogP contribution in [0, 0.1) is 5.82 Å². The molecular weight excluding hydrogens is 625 g/mol. The minimum Gasteiger partial charge on any atom is -0.480 e. The smallest absolute Gasteiger partial charge is 0.326 e. The number of carbonyl (C=O) groups excluding carboxylic acids is 5. The Hall–Kier alpha value is -4.89. The van der Waals surface area contributed by atoms with Gasteiger partial charge in [-0.3, -0.25) is 24.0 Å². The van der Waals surface area contributed by atoms with Crippen molar-refractivity contribution < 1.29 is 38.3 Å². The average molecular weight is 670 g/mol. The Bertz CT molecular complexity index is 1410. The van der Waals surface area contributed by atoms with Crippen molar-refractivity contribution in [1.82, 2.24) is 26.2 Å². The lowest BCUT2D eigenvalue weighted by atomic mass is 10.0. The topological polar surface area (TPSA) is 226 Å². The van der Waals surface area contributed by atoms with E-state index in [9.17, 15) is 38.3 Å². The lowest BCUT2D eigenvalue weighted by molar-refractivity contribution is -0.142. The minimum atomic E-state index is -1.24. The summed E-state index contributed by atoms with van der Waals surface area (Å²) in [6.07, 6.45) is 2.14. The van der Waals surface area contributed by atoms with E-state index in [-0.39, 0.29) is 32.4 Å². The summed E-state index contributed by atoms with van der Waals surface area (Å²) < 4.78 is 13.4. The van der Waals surface area contributed by atoms with Crippen molar-refractivity contribution in [3.63, 3.8) is 0 Å². The second-order valence-electron chi connectivity index (χ2n) is 11.6. The highest BCUT2D eigenvalue weighted by Crippen LogP contribution is 2.20. The largest absolute Gasteiger partial charge is 0.480 e. The van der Waals surface area contributed by atoms with Gasteiger partial charge >= 0.3 is 5.97 Å². The van der Waals surface area contributed by atoms with Gasteiger partial charge < -0.3 is 42.7 Å². The van der Waals surface area contributed by atoms with Crippen LogP contribution in [0.15, 0.2) is 54.6 Å². The molecule has 14 nitrogen and oxygen atoms in total. The first kappa shape index (κ1) is 37.6. The van der Waals surface area contributed by atoms with E-state index in [4.69, 9.17) is 11.5 Å². The van der Waals surface area contributed by atoms with E-state index in [0.29, 0.717) is 43.4 Å². The summed E-state index contributed by atoms with van der Waals surface area (Å²) in [6, 6.07) is 9.94. The number of hydrogen-bond acceptors (Lipinski definition) is 8. The first-order valence-electron chi connectivity index (χ1n) is 15.9. The number of likely N-dealkylation sites (tertiary alicyclic amines) is 1. The average Bonchev–Trinajstić information content (AvgIpc) is 3.57. The van der Waals surface area contributed by atoms with Crippen LogP contribution in [0.3, 0.4) is 0 Å². The third-order valence-corrected chi connectivity index (χ3v) is 7.93. The molecule has 9 N–H and O–H groups in total. The number of rotatable bonds is 18. The first-order chi connectivity index (χ1) is 23.0. The summed E-state index contributed by atoms with van der Waals surface area (Å²) in [4.78, 5) is 78.2. The van der Waals surface area contributed by atoms with Crippen LogP contribution in [-0.4, -0.2) is 95.9 Å². The molecule has 1 aliphatic rings. The summed E-state index contributed by atoms with van der Waals surface area (Å²) in [6.45, 7) is -0.269. The number of carboxylic acid groups (broad SMARTS) is 1. The summed E-state index contributed by atoms with van der Waals surface area (Å²) in [5.74, 6) is -4.76. The number of aliphatic carboxylic acids is 1. The highest BCUT2D eigenvalue weighted by atomic mass is 19.1. The molecule has 0 radical (unpaired) electrons. The van der Waals surface area contributed by atoms with Crippen LogP contribution in [0.25, 0.3) is 0 Å². The molecule has 1 aliphatic heterocycles. The Morgan fingerprint density at radius 1 is 0.833 bits per heavy atom. The molecule has 260 valence electrons. The molecule has 48 heavy (non-hydrogen) atoms. The molecule has 0 bridgehead atoms. The lowest BCUT2D eigenvalue weighted by Crippen LogP contribution is -2.56. The van der Waals surface area contributed by atoms with Gasteiger partial charge in [-0.15, -0.1) is 0 Å². The Kier molecular flexibility index (Phi) is 14.9.